The van der Waals surface area contributed by atoms with Crippen molar-refractivity contribution < 1.29 is 9.53 Å². The van der Waals surface area contributed by atoms with Crippen LogP contribution >= 0.6 is 15.9 Å². The summed E-state index contributed by atoms with van der Waals surface area (Å²) < 4.78 is 6.81. The van der Waals surface area contributed by atoms with Gasteiger partial charge in [0.25, 0.3) is 5.91 Å². The van der Waals surface area contributed by atoms with Gasteiger partial charge in [0.1, 0.15) is 5.75 Å². The van der Waals surface area contributed by atoms with Crippen LogP contribution in [0.15, 0.2) is 22.7 Å². The third-order valence-electron chi connectivity index (χ3n) is 3.71. The van der Waals surface area contributed by atoms with Gasteiger partial charge in [-0.2, -0.15) is 0 Å². The maximum Gasteiger partial charge on any atom is 0.255 e. The Morgan fingerprint density at radius 3 is 2.72 bits per heavy atom. The molecule has 0 spiro atoms. The number of nitrogen functional groups attached to an aromatic ring is 1. The molecule has 1 aromatic heterocycles. The molecule has 134 valence electrons. The summed E-state index contributed by atoms with van der Waals surface area (Å²) in [6, 6.07) is 5.63. The van der Waals surface area contributed by atoms with Crippen molar-refractivity contribution in [3.05, 3.63) is 33.9 Å². The number of carbonyl (C=O) groups is 1. The summed E-state index contributed by atoms with van der Waals surface area (Å²) in [7, 11) is 1.57. The number of aryl methyl sites for hydroxylation is 1. The highest BCUT2D eigenvalue weighted by Crippen LogP contribution is 2.35. The molecule has 7 heteroatoms. The molecule has 0 atom stereocenters. The van der Waals surface area contributed by atoms with E-state index in [1.807, 2.05) is 18.2 Å². The number of nitrogens with zero attached hydrogens (tertiary/aromatic N) is 2. The predicted octanol–water partition coefficient (Wildman–Crippen LogP) is 3.58. The molecule has 2 rings (SSSR count). The molecule has 25 heavy (non-hydrogen) atoms. The number of aromatic nitrogens is 2. The Balaban J connectivity index is 2.57. The van der Waals surface area contributed by atoms with Gasteiger partial charge in [-0.1, -0.05) is 29.8 Å². The van der Waals surface area contributed by atoms with Crippen molar-refractivity contribution >= 4 is 27.8 Å². The van der Waals surface area contributed by atoms with E-state index in [9.17, 15) is 4.79 Å². The normalized spacial score (nSPS) is 10.8. The number of rotatable bonds is 6. The Morgan fingerprint density at radius 2 is 2.08 bits per heavy atom. The maximum absolute atomic E-state index is 12.4. The molecule has 0 aliphatic carbocycles. The van der Waals surface area contributed by atoms with Gasteiger partial charge in [0.05, 0.1) is 23.6 Å². The predicted molar refractivity (Wildman–Crippen MR) is 103 cm³/mol. The third kappa shape index (κ3) is 4.69. The molecule has 0 aliphatic heterocycles. The number of hydrogen-bond donors (Lipinski definition) is 2. The summed E-state index contributed by atoms with van der Waals surface area (Å²) in [6.45, 7) is 6.61. The molecule has 6 nitrogen and oxygen atoms in total. The smallest absolute Gasteiger partial charge is 0.255 e. The molecular formula is C18H23BrN4O2. The number of amides is 1. The van der Waals surface area contributed by atoms with Gasteiger partial charge in [-0.05, 0) is 37.5 Å². The van der Waals surface area contributed by atoms with Crippen LogP contribution in [0.4, 0.5) is 5.95 Å². The summed E-state index contributed by atoms with van der Waals surface area (Å²) in [4.78, 5) is 20.8. The van der Waals surface area contributed by atoms with Crippen LogP contribution in [-0.4, -0.2) is 29.5 Å². The zero-order chi connectivity index (χ0) is 18.6. The lowest BCUT2D eigenvalue weighted by molar-refractivity contribution is 0.0962. The molecule has 0 aliphatic rings. The molecule has 0 radical (unpaired) electrons. The number of benzene rings is 1. The van der Waals surface area contributed by atoms with E-state index in [-0.39, 0.29) is 11.9 Å². The highest BCUT2D eigenvalue weighted by Gasteiger charge is 2.21. The lowest BCUT2D eigenvalue weighted by atomic mass is 10.0. The second kappa shape index (κ2) is 8.29. The average Bonchev–Trinajstić information content (AvgIpc) is 2.54. The SMILES string of the molecule is CNC(=O)c1c(C)nc(N)nc1-c1cc(Br)ccc1OCCC(C)C. The first kappa shape index (κ1) is 19.2. The lowest BCUT2D eigenvalue weighted by Gasteiger charge is -2.16. The monoisotopic (exact) mass is 406 g/mol. The minimum Gasteiger partial charge on any atom is -0.493 e. The summed E-state index contributed by atoms with van der Waals surface area (Å²) >= 11 is 3.47. The fourth-order valence-corrected chi connectivity index (χ4v) is 2.77. The average molecular weight is 407 g/mol. The van der Waals surface area contributed by atoms with Crippen LogP contribution < -0.4 is 15.8 Å². The molecule has 0 fully saturated rings. The maximum atomic E-state index is 12.4. The van der Waals surface area contributed by atoms with E-state index in [0.29, 0.717) is 40.8 Å². The molecule has 0 saturated carbocycles. The van der Waals surface area contributed by atoms with Crippen LogP contribution in [0.5, 0.6) is 5.75 Å². The summed E-state index contributed by atoms with van der Waals surface area (Å²) in [5.74, 6) is 1.05. The zero-order valence-electron chi connectivity index (χ0n) is 14.9. The van der Waals surface area contributed by atoms with E-state index in [1.54, 1.807) is 14.0 Å². The van der Waals surface area contributed by atoms with Crippen LogP contribution in [0.1, 0.15) is 36.3 Å². The Bertz CT molecular complexity index is 778. The van der Waals surface area contributed by atoms with Crippen molar-refractivity contribution in [1.82, 2.24) is 15.3 Å². The van der Waals surface area contributed by atoms with Gasteiger partial charge in [-0.25, -0.2) is 9.97 Å². The lowest BCUT2D eigenvalue weighted by Crippen LogP contribution is -2.22. The molecule has 0 unspecified atom stereocenters. The van der Waals surface area contributed by atoms with Gasteiger partial charge in [0.15, 0.2) is 0 Å². The molecule has 2 aromatic rings. The minimum absolute atomic E-state index is 0.119. The highest BCUT2D eigenvalue weighted by atomic mass is 79.9. The first-order chi connectivity index (χ1) is 11.8. The van der Waals surface area contributed by atoms with Crippen LogP contribution in [0.2, 0.25) is 0 Å². The first-order valence-electron chi connectivity index (χ1n) is 8.12. The molecule has 1 aromatic carbocycles. The topological polar surface area (TPSA) is 90.1 Å². The van der Waals surface area contributed by atoms with Crippen LogP contribution in [0.25, 0.3) is 11.3 Å². The molecule has 0 saturated heterocycles. The Morgan fingerprint density at radius 1 is 1.36 bits per heavy atom. The first-order valence-corrected chi connectivity index (χ1v) is 8.91. The molecule has 1 heterocycles. The van der Waals surface area contributed by atoms with E-state index in [4.69, 9.17) is 10.5 Å². The van der Waals surface area contributed by atoms with E-state index in [1.165, 1.54) is 0 Å². The third-order valence-corrected chi connectivity index (χ3v) is 4.20. The molecule has 3 N–H and O–H groups in total. The van der Waals surface area contributed by atoms with Crippen molar-refractivity contribution in [2.45, 2.75) is 27.2 Å². The highest BCUT2D eigenvalue weighted by molar-refractivity contribution is 9.10. The summed E-state index contributed by atoms with van der Waals surface area (Å²) in [5.41, 5.74) is 7.91. The Kier molecular flexibility index (Phi) is 6.36. The van der Waals surface area contributed by atoms with Gasteiger partial charge in [0, 0.05) is 17.1 Å². The summed E-state index contributed by atoms with van der Waals surface area (Å²) in [5, 5.41) is 2.63. The second-order valence-electron chi connectivity index (χ2n) is 6.14. The Hall–Kier alpha value is -2.15. The number of nitrogens with two attached hydrogens (primary N) is 1. The molecular weight excluding hydrogens is 384 g/mol. The minimum atomic E-state index is -0.263. The van der Waals surface area contributed by atoms with Crippen molar-refractivity contribution in [2.24, 2.45) is 5.92 Å². The van der Waals surface area contributed by atoms with E-state index in [0.717, 1.165) is 10.9 Å². The number of hydrogen-bond acceptors (Lipinski definition) is 5. The van der Waals surface area contributed by atoms with Crippen LogP contribution in [0, 0.1) is 12.8 Å². The summed E-state index contributed by atoms with van der Waals surface area (Å²) in [6.07, 6.45) is 0.933. The number of halogens is 1. The van der Waals surface area contributed by atoms with Crippen LogP contribution in [0.3, 0.4) is 0 Å². The van der Waals surface area contributed by atoms with Gasteiger partial charge >= 0.3 is 0 Å². The molecule has 0 bridgehead atoms. The fraction of sp³-hybridized carbons (Fsp3) is 0.389. The van der Waals surface area contributed by atoms with Crippen molar-refractivity contribution in [1.29, 1.82) is 0 Å². The Labute approximate surface area is 156 Å². The second-order valence-corrected chi connectivity index (χ2v) is 7.06. The standard InChI is InChI=1S/C18H23BrN4O2/c1-10(2)7-8-25-14-6-5-12(19)9-13(14)16-15(17(24)21-4)11(3)22-18(20)23-16/h5-6,9-10H,7-8H2,1-4H3,(H,21,24)(H2,20,22,23). The van der Waals surface area contributed by atoms with E-state index in [2.05, 4.69) is 45.1 Å². The van der Waals surface area contributed by atoms with Gasteiger partial charge in [-0.15, -0.1) is 0 Å². The fourth-order valence-electron chi connectivity index (χ4n) is 2.40. The van der Waals surface area contributed by atoms with Gasteiger partial charge in [-0.3, -0.25) is 4.79 Å². The van der Waals surface area contributed by atoms with E-state index >= 15 is 0 Å². The quantitative estimate of drug-likeness (QED) is 0.764. The van der Waals surface area contributed by atoms with Gasteiger partial charge in [0.2, 0.25) is 5.95 Å². The number of carbonyl (C=O) groups excluding carboxylic acids is 1. The van der Waals surface area contributed by atoms with Crippen molar-refractivity contribution in [3.63, 3.8) is 0 Å². The van der Waals surface area contributed by atoms with E-state index < -0.39 is 0 Å². The van der Waals surface area contributed by atoms with Crippen molar-refractivity contribution in [3.8, 4) is 17.0 Å². The molecule has 1 amide bonds. The van der Waals surface area contributed by atoms with Crippen molar-refractivity contribution in [2.75, 3.05) is 19.4 Å². The number of ether oxygens (including phenoxy) is 1. The number of anilines is 1. The number of nitrogens with one attached hydrogen (secondary N) is 1. The van der Waals surface area contributed by atoms with Gasteiger partial charge < -0.3 is 15.8 Å². The largest absolute Gasteiger partial charge is 0.493 e. The van der Waals surface area contributed by atoms with Crippen LogP contribution in [-0.2, 0) is 0 Å². The zero-order valence-corrected chi connectivity index (χ0v) is 16.5.